The van der Waals surface area contributed by atoms with Gasteiger partial charge in [-0.15, -0.1) is 0 Å². The zero-order chi connectivity index (χ0) is 23.6. The molecule has 1 aliphatic carbocycles. The molecule has 1 aliphatic rings. The number of carboxylic acids is 1. The van der Waals surface area contributed by atoms with Gasteiger partial charge in [0.15, 0.2) is 0 Å². The van der Waals surface area contributed by atoms with Crippen LogP contribution >= 0.6 is 23.2 Å². The molecule has 2 aromatic carbocycles. The summed E-state index contributed by atoms with van der Waals surface area (Å²) in [6.07, 6.45) is 3.24. The van der Waals surface area contributed by atoms with Crippen LogP contribution in [0.25, 0.3) is 6.08 Å². The van der Waals surface area contributed by atoms with Crippen molar-refractivity contribution in [1.82, 2.24) is 10.0 Å². The van der Waals surface area contributed by atoms with Crippen LogP contribution < -0.4 is 10.0 Å². The van der Waals surface area contributed by atoms with Crippen LogP contribution in [0.2, 0.25) is 10.0 Å². The second-order valence-corrected chi connectivity index (χ2v) is 10.3. The number of benzene rings is 2. The number of aliphatic carboxylic acids is 1. The van der Waals surface area contributed by atoms with Crippen LogP contribution in [0.5, 0.6) is 0 Å². The molecule has 0 saturated heterocycles. The van der Waals surface area contributed by atoms with Crippen LogP contribution in [0, 0.1) is 5.92 Å². The second kappa shape index (κ2) is 9.62. The topological polar surface area (TPSA) is 113 Å². The van der Waals surface area contributed by atoms with E-state index in [1.165, 1.54) is 24.3 Å². The Hall–Kier alpha value is -2.39. The Morgan fingerprint density at radius 3 is 2.34 bits per heavy atom. The number of hydrogen-bond acceptors (Lipinski definition) is 4. The molecule has 0 radical (unpaired) electrons. The largest absolute Gasteiger partial charge is 0.480 e. The van der Waals surface area contributed by atoms with Crippen molar-refractivity contribution in [3.05, 3.63) is 69.2 Å². The van der Waals surface area contributed by atoms with Crippen molar-refractivity contribution in [3.63, 3.8) is 0 Å². The molecule has 0 saturated carbocycles. The van der Waals surface area contributed by atoms with E-state index in [9.17, 15) is 23.1 Å². The molecule has 0 aliphatic heterocycles. The molecule has 0 fully saturated rings. The van der Waals surface area contributed by atoms with Gasteiger partial charge in [0.25, 0.3) is 0 Å². The maximum absolute atomic E-state index is 12.8. The zero-order valence-corrected chi connectivity index (χ0v) is 19.6. The summed E-state index contributed by atoms with van der Waals surface area (Å²) in [5, 5.41) is 12.6. The number of sulfonamides is 1. The maximum atomic E-state index is 12.8. The Balaban J connectivity index is 1.82. The predicted octanol–water partition coefficient (Wildman–Crippen LogP) is 3.81. The van der Waals surface area contributed by atoms with E-state index in [4.69, 9.17) is 23.2 Å². The molecule has 32 heavy (non-hydrogen) atoms. The van der Waals surface area contributed by atoms with Gasteiger partial charge in [0.2, 0.25) is 15.9 Å². The molecular formula is C22H22Cl2N2O5S. The average molecular weight is 497 g/mol. The van der Waals surface area contributed by atoms with Gasteiger partial charge >= 0.3 is 5.97 Å². The van der Waals surface area contributed by atoms with Crippen molar-refractivity contribution in [2.45, 2.75) is 37.2 Å². The average Bonchev–Trinajstić information content (AvgIpc) is 3.10. The molecule has 1 unspecified atom stereocenters. The minimum atomic E-state index is -3.82. The predicted molar refractivity (Wildman–Crippen MR) is 123 cm³/mol. The number of rotatable bonds is 8. The highest BCUT2D eigenvalue weighted by Gasteiger charge is 2.28. The van der Waals surface area contributed by atoms with Crippen LogP contribution in [-0.2, 0) is 26.0 Å². The number of fused-ring (bicyclic) bond motifs is 1. The molecule has 3 rings (SSSR count). The van der Waals surface area contributed by atoms with Crippen LogP contribution in [0.4, 0.5) is 0 Å². The molecule has 0 spiro atoms. The number of carbonyl (C=O) groups is 2. The molecule has 7 nitrogen and oxygen atoms in total. The summed E-state index contributed by atoms with van der Waals surface area (Å²) in [4.78, 5) is 24.0. The number of amides is 1. The first-order chi connectivity index (χ1) is 15.0. The summed E-state index contributed by atoms with van der Waals surface area (Å²) >= 11 is 12.2. The van der Waals surface area contributed by atoms with E-state index in [0.29, 0.717) is 26.7 Å². The number of carbonyl (C=O) groups excluding carboxylic acids is 1. The number of halogens is 2. The van der Waals surface area contributed by atoms with Crippen molar-refractivity contribution in [1.29, 1.82) is 0 Å². The van der Waals surface area contributed by atoms with Crippen LogP contribution in [0.1, 0.15) is 36.6 Å². The van der Waals surface area contributed by atoms with Crippen LogP contribution in [0.15, 0.2) is 47.4 Å². The van der Waals surface area contributed by atoms with E-state index in [1.54, 1.807) is 38.1 Å². The Morgan fingerprint density at radius 2 is 1.75 bits per heavy atom. The summed E-state index contributed by atoms with van der Waals surface area (Å²) < 4.78 is 28.1. The quantitative estimate of drug-likeness (QED) is 0.514. The third-order valence-electron chi connectivity index (χ3n) is 5.12. The van der Waals surface area contributed by atoms with Crippen molar-refractivity contribution in [2.75, 3.05) is 0 Å². The molecule has 3 N–H and O–H groups in total. The second-order valence-electron chi connectivity index (χ2n) is 7.75. The number of hydrogen-bond donors (Lipinski definition) is 3. The van der Waals surface area contributed by atoms with Crippen molar-refractivity contribution < 1.29 is 23.1 Å². The third kappa shape index (κ3) is 5.32. The molecular weight excluding hydrogens is 475 g/mol. The smallest absolute Gasteiger partial charge is 0.326 e. The lowest BCUT2D eigenvalue weighted by molar-refractivity contribution is -0.143. The molecule has 170 valence electrons. The lowest BCUT2D eigenvalue weighted by Gasteiger charge is -2.19. The van der Waals surface area contributed by atoms with E-state index >= 15 is 0 Å². The summed E-state index contributed by atoms with van der Waals surface area (Å²) in [5.74, 6) is -1.89. The SMILES string of the molecule is CC(C)[C@@H](NC(=O)Cc1c(Cl)ccc2c1C=CC2NS(=O)(=O)c1ccc(Cl)cc1)C(=O)O. The van der Waals surface area contributed by atoms with Gasteiger partial charge in [-0.1, -0.05) is 55.3 Å². The fourth-order valence-corrected chi connectivity index (χ4v) is 4.98. The van der Waals surface area contributed by atoms with Gasteiger partial charge in [0.1, 0.15) is 6.04 Å². The van der Waals surface area contributed by atoms with E-state index < -0.39 is 34.0 Å². The van der Waals surface area contributed by atoms with E-state index in [1.807, 2.05) is 0 Å². The van der Waals surface area contributed by atoms with Gasteiger partial charge in [0.05, 0.1) is 17.4 Å². The molecule has 0 heterocycles. The van der Waals surface area contributed by atoms with E-state index in [-0.39, 0.29) is 17.2 Å². The highest BCUT2D eigenvalue weighted by Crippen LogP contribution is 2.35. The van der Waals surface area contributed by atoms with Crippen molar-refractivity contribution in [2.24, 2.45) is 5.92 Å². The lowest BCUT2D eigenvalue weighted by Crippen LogP contribution is -2.45. The Bertz CT molecular complexity index is 1180. The molecule has 0 aromatic heterocycles. The Labute approximate surface area is 196 Å². The minimum absolute atomic E-state index is 0.0747. The van der Waals surface area contributed by atoms with Gasteiger partial charge in [-0.05, 0) is 52.9 Å². The van der Waals surface area contributed by atoms with Crippen LogP contribution in [0.3, 0.4) is 0 Å². The maximum Gasteiger partial charge on any atom is 0.326 e. The van der Waals surface area contributed by atoms with E-state index in [2.05, 4.69) is 10.0 Å². The van der Waals surface area contributed by atoms with Gasteiger partial charge in [0, 0.05) is 10.0 Å². The molecule has 1 amide bonds. The molecule has 2 aromatic rings. The first-order valence-electron chi connectivity index (χ1n) is 9.79. The lowest BCUT2D eigenvalue weighted by atomic mass is 9.98. The van der Waals surface area contributed by atoms with Crippen molar-refractivity contribution in [3.8, 4) is 0 Å². The van der Waals surface area contributed by atoms with Crippen molar-refractivity contribution >= 4 is 51.2 Å². The molecule has 10 heteroatoms. The summed E-state index contributed by atoms with van der Waals surface area (Å²) in [6.45, 7) is 3.40. The summed E-state index contributed by atoms with van der Waals surface area (Å²) in [7, 11) is -3.82. The minimum Gasteiger partial charge on any atom is -0.480 e. The summed E-state index contributed by atoms with van der Waals surface area (Å²) in [6, 6.07) is 7.43. The zero-order valence-electron chi connectivity index (χ0n) is 17.3. The standard InChI is InChI=1S/C22H22Cl2N2O5S/c1-12(2)21(22(28)29)25-20(27)11-17-15-8-10-19(16(15)7-9-18(17)24)26-32(30,31)14-5-3-13(23)4-6-14/h3-10,12,19,21,26H,11H2,1-2H3,(H,25,27)(H,28,29)/t19?,21-/m1/s1. The fourth-order valence-electron chi connectivity index (χ4n) is 3.45. The van der Waals surface area contributed by atoms with Gasteiger partial charge in [-0.2, -0.15) is 4.72 Å². The number of nitrogens with one attached hydrogen (secondary N) is 2. The molecule has 2 atom stereocenters. The highest BCUT2D eigenvalue weighted by atomic mass is 35.5. The van der Waals surface area contributed by atoms with Gasteiger partial charge < -0.3 is 10.4 Å². The highest BCUT2D eigenvalue weighted by molar-refractivity contribution is 7.89. The first kappa shape index (κ1) is 24.3. The monoisotopic (exact) mass is 496 g/mol. The Morgan fingerprint density at radius 1 is 1.09 bits per heavy atom. The van der Waals surface area contributed by atoms with Gasteiger partial charge in [-0.25, -0.2) is 13.2 Å². The van der Waals surface area contributed by atoms with Crippen LogP contribution in [-0.4, -0.2) is 31.4 Å². The van der Waals surface area contributed by atoms with E-state index in [0.717, 1.165) is 0 Å². The number of carboxylic acid groups (broad SMARTS) is 1. The third-order valence-corrected chi connectivity index (χ3v) is 7.18. The molecule has 0 bridgehead atoms. The summed E-state index contributed by atoms with van der Waals surface area (Å²) in [5.41, 5.74) is 1.78. The van der Waals surface area contributed by atoms with Gasteiger partial charge in [-0.3, -0.25) is 4.79 Å². The Kier molecular flexibility index (Phi) is 7.29. The first-order valence-corrected chi connectivity index (χ1v) is 12.0. The fraction of sp³-hybridized carbons (Fsp3) is 0.273. The normalized spacial score (nSPS) is 16.1.